The molecule has 23 heavy (non-hydrogen) atoms. The van der Waals surface area contributed by atoms with Gasteiger partial charge in [0.2, 0.25) is 0 Å². The Morgan fingerprint density at radius 1 is 1.17 bits per heavy atom. The summed E-state index contributed by atoms with van der Waals surface area (Å²) in [7, 11) is -1.26. The van der Waals surface area contributed by atoms with Crippen molar-refractivity contribution in [3.63, 3.8) is 0 Å². The molecule has 1 atom stereocenters. The monoisotopic (exact) mass is 349 g/mol. The van der Waals surface area contributed by atoms with Crippen LogP contribution < -0.4 is 5.32 Å². The van der Waals surface area contributed by atoms with Gasteiger partial charge in [-0.2, -0.15) is 5.26 Å². The van der Waals surface area contributed by atoms with E-state index in [1.807, 2.05) is 0 Å². The van der Waals surface area contributed by atoms with Gasteiger partial charge in [-0.3, -0.25) is 0 Å². The third-order valence-electron chi connectivity index (χ3n) is 2.61. The van der Waals surface area contributed by atoms with Crippen molar-refractivity contribution in [1.82, 2.24) is 9.99 Å². The SMILES string of the molecule is CC(C)N(C(C)C)P(OCCC#N)OCCOCCNC(=O)O. The number of nitriles is 1. The fourth-order valence-electron chi connectivity index (χ4n) is 1.82. The fourth-order valence-corrected chi connectivity index (χ4v) is 3.39. The fraction of sp³-hybridized carbons (Fsp3) is 0.857. The Balaban J connectivity index is 4.20. The number of nitrogens with one attached hydrogen (secondary N) is 1. The van der Waals surface area contributed by atoms with Crippen LogP contribution in [0.1, 0.15) is 34.1 Å². The van der Waals surface area contributed by atoms with E-state index in [0.29, 0.717) is 32.8 Å². The van der Waals surface area contributed by atoms with Crippen LogP contribution in [0, 0.1) is 11.3 Å². The van der Waals surface area contributed by atoms with Crippen LogP contribution in [0.5, 0.6) is 0 Å². The quantitative estimate of drug-likeness (QED) is 0.389. The maximum atomic E-state index is 10.3. The maximum Gasteiger partial charge on any atom is 0.404 e. The highest BCUT2D eigenvalue weighted by molar-refractivity contribution is 7.44. The first kappa shape index (κ1) is 22.0. The Hall–Kier alpha value is -0.970. The van der Waals surface area contributed by atoms with Crippen LogP contribution in [0.4, 0.5) is 4.79 Å². The number of hydrogen-bond donors (Lipinski definition) is 2. The van der Waals surface area contributed by atoms with Gasteiger partial charge in [-0.15, -0.1) is 0 Å². The number of rotatable bonds is 13. The van der Waals surface area contributed by atoms with Crippen molar-refractivity contribution >= 4 is 14.6 Å². The lowest BCUT2D eigenvalue weighted by Crippen LogP contribution is -2.34. The van der Waals surface area contributed by atoms with Crippen LogP contribution in [0.15, 0.2) is 0 Å². The van der Waals surface area contributed by atoms with Gasteiger partial charge in [0.25, 0.3) is 8.53 Å². The van der Waals surface area contributed by atoms with Crippen LogP contribution in [-0.4, -0.2) is 60.9 Å². The molecule has 8 nitrogen and oxygen atoms in total. The summed E-state index contributed by atoms with van der Waals surface area (Å²) in [4.78, 5) is 10.3. The molecule has 0 radical (unpaired) electrons. The van der Waals surface area contributed by atoms with Crippen molar-refractivity contribution in [2.45, 2.75) is 46.2 Å². The van der Waals surface area contributed by atoms with Gasteiger partial charge < -0.3 is 24.2 Å². The molecule has 0 fully saturated rings. The Bertz CT molecular complexity index is 355. The highest BCUT2D eigenvalue weighted by Crippen LogP contribution is 2.45. The Morgan fingerprint density at radius 2 is 1.78 bits per heavy atom. The van der Waals surface area contributed by atoms with E-state index in [1.54, 1.807) is 0 Å². The average Bonchev–Trinajstić information content (AvgIpc) is 2.44. The van der Waals surface area contributed by atoms with Crippen molar-refractivity contribution in [2.75, 3.05) is 33.0 Å². The second kappa shape index (κ2) is 13.5. The first-order chi connectivity index (χ1) is 10.9. The zero-order valence-corrected chi connectivity index (χ0v) is 15.2. The largest absolute Gasteiger partial charge is 0.465 e. The molecular weight excluding hydrogens is 321 g/mol. The van der Waals surface area contributed by atoms with Gasteiger partial charge >= 0.3 is 6.09 Å². The number of nitrogens with zero attached hydrogens (tertiary/aromatic N) is 2. The molecule has 0 bridgehead atoms. The molecule has 0 saturated carbocycles. The summed E-state index contributed by atoms with van der Waals surface area (Å²) >= 11 is 0. The van der Waals surface area contributed by atoms with Gasteiger partial charge in [-0.05, 0) is 27.7 Å². The molecule has 0 aliphatic heterocycles. The van der Waals surface area contributed by atoms with Crippen molar-refractivity contribution in [1.29, 1.82) is 5.26 Å². The van der Waals surface area contributed by atoms with E-state index in [4.69, 9.17) is 24.2 Å². The van der Waals surface area contributed by atoms with E-state index in [9.17, 15) is 4.79 Å². The number of carbonyl (C=O) groups is 1. The highest BCUT2D eigenvalue weighted by atomic mass is 31.2. The minimum atomic E-state index is -1.26. The molecule has 0 spiro atoms. The van der Waals surface area contributed by atoms with Gasteiger partial charge in [0.05, 0.1) is 38.9 Å². The standard InChI is InChI=1S/C14H28N3O5P/c1-12(2)17(13(3)4)23(21-8-5-6-15)22-11-10-20-9-7-16-14(18)19/h12-13,16H,5,7-11H2,1-4H3,(H,18,19). The minimum Gasteiger partial charge on any atom is -0.465 e. The van der Waals surface area contributed by atoms with E-state index < -0.39 is 14.6 Å². The Labute approximate surface area is 139 Å². The van der Waals surface area contributed by atoms with Gasteiger partial charge in [-0.25, -0.2) is 9.46 Å². The summed E-state index contributed by atoms with van der Waals surface area (Å²) in [6.45, 7) is 9.85. The zero-order chi connectivity index (χ0) is 17.7. The molecule has 1 unspecified atom stereocenters. The minimum absolute atomic E-state index is 0.243. The molecule has 0 aromatic rings. The zero-order valence-electron chi connectivity index (χ0n) is 14.3. The van der Waals surface area contributed by atoms with Crippen LogP contribution >= 0.6 is 8.53 Å². The third-order valence-corrected chi connectivity index (χ3v) is 4.72. The number of hydrogen-bond acceptors (Lipinski definition) is 6. The summed E-state index contributed by atoms with van der Waals surface area (Å²) < 4.78 is 19.0. The van der Waals surface area contributed by atoms with Gasteiger partial charge in [0, 0.05) is 18.6 Å². The average molecular weight is 349 g/mol. The van der Waals surface area contributed by atoms with E-state index in [1.165, 1.54) is 0 Å². The first-order valence-electron chi connectivity index (χ1n) is 7.65. The molecule has 0 rings (SSSR count). The second-order valence-electron chi connectivity index (χ2n) is 5.22. The van der Waals surface area contributed by atoms with Crippen molar-refractivity contribution < 1.29 is 23.7 Å². The molecule has 0 saturated heterocycles. The molecular formula is C14H28N3O5P. The number of carboxylic acid groups (broad SMARTS) is 1. The molecule has 0 aliphatic carbocycles. The second-order valence-corrected chi connectivity index (χ2v) is 6.68. The maximum absolute atomic E-state index is 10.3. The van der Waals surface area contributed by atoms with E-state index in [-0.39, 0.29) is 18.6 Å². The van der Waals surface area contributed by atoms with E-state index in [0.717, 1.165) is 0 Å². The predicted molar refractivity (Wildman–Crippen MR) is 88.0 cm³/mol. The van der Waals surface area contributed by atoms with Gasteiger partial charge in [-0.1, -0.05) is 0 Å². The lowest BCUT2D eigenvalue weighted by Gasteiger charge is -2.35. The van der Waals surface area contributed by atoms with E-state index in [2.05, 4.69) is 43.8 Å². The summed E-state index contributed by atoms with van der Waals surface area (Å²) in [5.74, 6) is 0. The highest BCUT2D eigenvalue weighted by Gasteiger charge is 2.26. The summed E-state index contributed by atoms with van der Waals surface area (Å²) in [6, 6.07) is 2.56. The molecule has 0 aromatic carbocycles. The number of ether oxygens (including phenoxy) is 1. The number of amides is 1. The topological polar surface area (TPSA) is 104 Å². The molecule has 0 aromatic heterocycles. The first-order valence-corrected chi connectivity index (χ1v) is 8.78. The lowest BCUT2D eigenvalue weighted by atomic mass is 10.3. The lowest BCUT2D eigenvalue weighted by molar-refractivity contribution is 0.0889. The van der Waals surface area contributed by atoms with Crippen LogP contribution in [0.2, 0.25) is 0 Å². The normalized spacial score (nSPS) is 12.6. The Kier molecular flexibility index (Phi) is 12.9. The van der Waals surface area contributed by atoms with Crippen LogP contribution in [-0.2, 0) is 13.8 Å². The van der Waals surface area contributed by atoms with Crippen LogP contribution in [0.25, 0.3) is 0 Å². The molecule has 0 heterocycles. The summed E-state index contributed by atoms with van der Waals surface area (Å²) in [5.41, 5.74) is 0. The summed E-state index contributed by atoms with van der Waals surface area (Å²) in [6.07, 6.45) is -0.743. The van der Waals surface area contributed by atoms with Crippen molar-refractivity contribution in [2.24, 2.45) is 0 Å². The predicted octanol–water partition coefficient (Wildman–Crippen LogP) is 2.56. The Morgan fingerprint density at radius 3 is 2.30 bits per heavy atom. The van der Waals surface area contributed by atoms with Crippen molar-refractivity contribution in [3.8, 4) is 6.07 Å². The third kappa shape index (κ3) is 11.2. The molecule has 9 heteroatoms. The van der Waals surface area contributed by atoms with Gasteiger partial charge in [0.15, 0.2) is 0 Å². The van der Waals surface area contributed by atoms with E-state index >= 15 is 0 Å². The molecule has 2 N–H and O–H groups in total. The smallest absolute Gasteiger partial charge is 0.404 e. The summed E-state index contributed by atoms with van der Waals surface area (Å²) in [5, 5.41) is 19.3. The van der Waals surface area contributed by atoms with Gasteiger partial charge in [0.1, 0.15) is 0 Å². The van der Waals surface area contributed by atoms with Crippen LogP contribution in [0.3, 0.4) is 0 Å². The molecule has 134 valence electrons. The van der Waals surface area contributed by atoms with Crippen molar-refractivity contribution in [3.05, 3.63) is 0 Å². The molecule has 0 aliphatic rings. The molecule has 1 amide bonds.